The normalized spacial score (nSPS) is 11.7. The van der Waals surface area contributed by atoms with Crippen LogP contribution in [0.15, 0.2) is 72.8 Å². The van der Waals surface area contributed by atoms with Crippen LogP contribution < -0.4 is 9.92 Å². The van der Waals surface area contributed by atoms with Gasteiger partial charge in [0.1, 0.15) is 0 Å². The van der Waals surface area contributed by atoms with Gasteiger partial charge in [0, 0.05) is 22.1 Å². The topological polar surface area (TPSA) is 97.8 Å². The first kappa shape index (κ1) is 22.1. The third-order valence-corrected chi connectivity index (χ3v) is 5.76. The number of nitrogens with one attached hydrogen (secondary N) is 2. The van der Waals surface area contributed by atoms with Crippen LogP contribution in [0.25, 0.3) is 46.4 Å². The Morgan fingerprint density at radius 2 is 0.971 bits per heavy atom. The molecular formula is C26H20BMnN4O2. The van der Waals surface area contributed by atoms with Gasteiger partial charge < -0.3 is 9.97 Å². The fraction of sp³-hybridized carbons (Fsp3) is 0. The molecule has 166 valence electrons. The van der Waals surface area contributed by atoms with Crippen LogP contribution in [0.5, 0.6) is 0 Å². The number of hydrogen-bond acceptors (Lipinski definition) is 4. The van der Waals surface area contributed by atoms with Crippen molar-refractivity contribution >= 4 is 63.4 Å². The van der Waals surface area contributed by atoms with Crippen LogP contribution in [0, 0.1) is 0 Å². The van der Waals surface area contributed by atoms with Crippen LogP contribution in [0.3, 0.4) is 0 Å². The Morgan fingerprint density at radius 3 is 1.29 bits per heavy atom. The fourth-order valence-electron chi connectivity index (χ4n) is 3.63. The predicted octanol–water partition coefficient (Wildman–Crippen LogP) is 3.19. The molecule has 1 aromatic carbocycles. The SMILES string of the molecule is C1=Cc2cc3ccc(cc4nc(cc5ccc(cc1n2)[nH]5)C=C4)[nH]3.OB(O)c1cccc[c]1[Mn]. The van der Waals surface area contributed by atoms with Gasteiger partial charge in [-0.05, 0) is 72.8 Å². The predicted molar refractivity (Wildman–Crippen MR) is 135 cm³/mol. The van der Waals surface area contributed by atoms with Gasteiger partial charge in [-0.3, -0.25) is 0 Å². The Bertz CT molecular complexity index is 1400. The summed E-state index contributed by atoms with van der Waals surface area (Å²) in [7, 11) is -1.39. The van der Waals surface area contributed by atoms with Gasteiger partial charge in [0.05, 0.1) is 22.8 Å². The summed E-state index contributed by atoms with van der Waals surface area (Å²) in [6.45, 7) is 0. The number of H-pyrrole nitrogens is 2. The van der Waals surface area contributed by atoms with E-state index in [4.69, 9.17) is 10.0 Å². The van der Waals surface area contributed by atoms with Crippen LogP contribution in [0.2, 0.25) is 0 Å². The molecule has 4 aromatic rings. The molecule has 0 saturated carbocycles. The van der Waals surface area contributed by atoms with Gasteiger partial charge >= 0.3 is 67.4 Å². The molecule has 0 aliphatic carbocycles. The van der Waals surface area contributed by atoms with Crippen molar-refractivity contribution < 1.29 is 26.1 Å². The number of benzene rings is 1. The van der Waals surface area contributed by atoms with E-state index in [0.29, 0.717) is 9.92 Å². The molecule has 6 rings (SSSR count). The molecule has 0 unspecified atom stereocenters. The number of aromatic nitrogens is 4. The molecule has 4 N–H and O–H groups in total. The summed E-state index contributed by atoms with van der Waals surface area (Å²) in [6.07, 6.45) is 8.09. The molecule has 0 saturated heterocycles. The Hall–Kier alpha value is -3.68. The zero-order valence-corrected chi connectivity index (χ0v) is 19.2. The molecule has 0 atom stereocenters. The minimum atomic E-state index is -1.39. The molecule has 5 heterocycles. The molecule has 6 nitrogen and oxygen atoms in total. The van der Waals surface area contributed by atoms with Gasteiger partial charge in [0.2, 0.25) is 0 Å². The monoisotopic (exact) mass is 486 g/mol. The number of hydrogen-bond donors (Lipinski definition) is 4. The summed E-state index contributed by atoms with van der Waals surface area (Å²) in [5.41, 5.74) is 8.35. The first-order chi connectivity index (χ1) is 16.5. The van der Waals surface area contributed by atoms with E-state index in [9.17, 15) is 0 Å². The Kier molecular flexibility index (Phi) is 6.29. The molecule has 8 bridgehead atoms. The molecular weight excluding hydrogens is 466 g/mol. The van der Waals surface area contributed by atoms with Gasteiger partial charge in [0.15, 0.2) is 0 Å². The van der Waals surface area contributed by atoms with Crippen LogP contribution in [0.1, 0.15) is 22.8 Å². The number of nitrogens with zero attached hydrogens (tertiary/aromatic N) is 2. The number of rotatable bonds is 1. The summed E-state index contributed by atoms with van der Waals surface area (Å²) in [5.74, 6) is 0. The summed E-state index contributed by atoms with van der Waals surface area (Å²) in [6, 6.07) is 23.3. The van der Waals surface area contributed by atoms with E-state index in [0.717, 1.165) is 44.8 Å². The van der Waals surface area contributed by atoms with Crippen LogP contribution in [-0.2, 0) is 16.0 Å². The molecule has 2 aliphatic heterocycles. The van der Waals surface area contributed by atoms with Crippen molar-refractivity contribution in [3.8, 4) is 0 Å². The summed E-state index contributed by atoms with van der Waals surface area (Å²) < 4.78 is 0.713. The maximum atomic E-state index is 8.73. The first-order valence-electron chi connectivity index (χ1n) is 10.7. The summed E-state index contributed by atoms with van der Waals surface area (Å²) in [5, 5.41) is 17.5. The second-order valence-corrected chi connectivity index (χ2v) is 8.44. The summed E-state index contributed by atoms with van der Waals surface area (Å²) in [4.78, 5) is 16.0. The van der Waals surface area contributed by atoms with Crippen molar-refractivity contribution in [2.24, 2.45) is 0 Å². The molecule has 3 aromatic heterocycles. The van der Waals surface area contributed by atoms with E-state index >= 15 is 0 Å². The third-order valence-electron chi connectivity index (χ3n) is 5.23. The number of aromatic amines is 2. The zero-order valence-electron chi connectivity index (χ0n) is 18.0. The van der Waals surface area contributed by atoms with Crippen molar-refractivity contribution in [2.75, 3.05) is 0 Å². The second-order valence-electron chi connectivity index (χ2n) is 7.80. The van der Waals surface area contributed by atoms with Gasteiger partial charge in [-0.1, -0.05) is 0 Å². The van der Waals surface area contributed by atoms with E-state index < -0.39 is 7.12 Å². The number of fused-ring (bicyclic) bond motifs is 8. The van der Waals surface area contributed by atoms with Gasteiger partial charge in [-0.2, -0.15) is 0 Å². The van der Waals surface area contributed by atoms with Crippen LogP contribution in [-0.4, -0.2) is 37.1 Å². The first-order valence-corrected chi connectivity index (χ1v) is 11.3. The van der Waals surface area contributed by atoms with Gasteiger partial charge in [0.25, 0.3) is 0 Å². The Morgan fingerprint density at radius 1 is 0.588 bits per heavy atom. The van der Waals surface area contributed by atoms with E-state index in [1.165, 1.54) is 0 Å². The molecule has 0 radical (unpaired) electrons. The molecule has 0 fully saturated rings. The standard InChI is InChI=1S/C20H14N4.C6H6BO2.Mn/c1-2-14-10-16-5-6-18(23-16)12-20-8-7-19(24-20)11-17-4-3-15(22-17)9-13(1)21-14;8-7(9)6-4-2-1-3-5-6;/h1-12,21,24H;1-4,8-9H;. The third kappa shape index (κ3) is 5.27. The molecule has 0 amide bonds. The van der Waals surface area contributed by atoms with Gasteiger partial charge in [-0.15, -0.1) is 0 Å². The average Bonchev–Trinajstić information content (AvgIpc) is 3.60. The maximum absolute atomic E-state index is 8.73. The minimum absolute atomic E-state index is 0.488. The van der Waals surface area contributed by atoms with Crippen molar-refractivity contribution in [2.45, 2.75) is 0 Å². The van der Waals surface area contributed by atoms with E-state index in [-0.39, 0.29) is 0 Å². The van der Waals surface area contributed by atoms with Crippen molar-refractivity contribution in [1.29, 1.82) is 0 Å². The van der Waals surface area contributed by atoms with E-state index in [1.807, 2.05) is 54.6 Å². The molecule has 34 heavy (non-hydrogen) atoms. The Labute approximate surface area is 204 Å². The van der Waals surface area contributed by atoms with Crippen molar-refractivity contribution in [3.63, 3.8) is 0 Å². The van der Waals surface area contributed by atoms with Crippen molar-refractivity contribution in [3.05, 3.63) is 95.6 Å². The molecule has 8 heteroatoms. The Balaban J connectivity index is 0.000000204. The quantitative estimate of drug-likeness (QED) is 0.269. The van der Waals surface area contributed by atoms with E-state index in [2.05, 4.69) is 60.2 Å². The average molecular weight is 486 g/mol. The zero-order chi connectivity index (χ0) is 23.5. The fourth-order valence-corrected chi connectivity index (χ4v) is 3.99. The van der Waals surface area contributed by atoms with Gasteiger partial charge in [-0.25, -0.2) is 9.97 Å². The van der Waals surface area contributed by atoms with E-state index in [1.54, 1.807) is 18.2 Å². The molecule has 0 spiro atoms. The second kappa shape index (κ2) is 9.67. The summed E-state index contributed by atoms with van der Waals surface area (Å²) >= 11 is 3.18. The van der Waals surface area contributed by atoms with Crippen LogP contribution in [0.4, 0.5) is 0 Å². The van der Waals surface area contributed by atoms with Crippen molar-refractivity contribution in [1.82, 2.24) is 19.9 Å². The molecule has 2 aliphatic rings. The van der Waals surface area contributed by atoms with Crippen LogP contribution >= 0.6 is 0 Å².